The van der Waals surface area contributed by atoms with E-state index in [1.807, 2.05) is 0 Å². The Morgan fingerprint density at radius 2 is 1.07 bits per heavy atom. The minimum atomic E-state index is -2.18. The van der Waals surface area contributed by atoms with Gasteiger partial charge in [-0.05, 0) is 104 Å². The van der Waals surface area contributed by atoms with Gasteiger partial charge in [0.1, 0.15) is 121 Å². The van der Waals surface area contributed by atoms with Crippen LogP contribution in [0.2, 0.25) is 0 Å². The summed E-state index contributed by atoms with van der Waals surface area (Å²) in [6, 6.07) is 0. The lowest BCUT2D eigenvalue weighted by atomic mass is 9.33. The number of esters is 1. The van der Waals surface area contributed by atoms with E-state index >= 15 is 4.79 Å². The summed E-state index contributed by atoms with van der Waals surface area (Å²) in [5.74, 6) is -3.44. The fourth-order valence-corrected chi connectivity index (χ4v) is 17.6. The standard InChI is InChI=1S/C59H94O30/c1-54(2)13-14-59(23(15-54)22-7-8-29-55(3)11-10-32(87-49-41(72)33(64)24(62)19-80-49)58(6,52(77)78)30(55)9-12-56(29,4)57(22,5)16-31(59)63)53(79)89-51-45(76)46(88-50-44(75)39(70)35(66)26(18-61)84-50)37(68)28(86-51)21-82-48-43(74)40(71)36(67)27(85-48)20-81-47-42(73)38(69)34(65)25(17-60)83-47/h7,23-51,60-76H,8-21H2,1-6H3,(H,77,78)/t23-,24+,25+,26+,27+,28+,29+,30?,31+,32-,33-,34-,35+,36+,37+,38-,39-,40-,41+,42+,43+,44+,45+,46-,47-,48+,49-,50-,51-,55+,56+,57+,58-,59+/m0/s1. The Morgan fingerprint density at radius 3 is 1.65 bits per heavy atom. The average molecular weight is 1280 g/mol. The number of rotatable bonds is 15. The smallest absolute Gasteiger partial charge is 0.317 e. The summed E-state index contributed by atoms with van der Waals surface area (Å²) in [5.41, 5.74) is -4.78. The molecule has 30 nitrogen and oxygen atoms in total. The van der Waals surface area contributed by atoms with Crippen LogP contribution in [0.4, 0.5) is 0 Å². The molecule has 0 aromatic rings. The van der Waals surface area contributed by atoms with Gasteiger partial charge in [-0.1, -0.05) is 46.3 Å². The maximum atomic E-state index is 15.7. The van der Waals surface area contributed by atoms with Gasteiger partial charge in [-0.25, -0.2) is 0 Å². The number of ether oxygens (including phenoxy) is 10. The molecule has 10 aliphatic rings. The minimum absolute atomic E-state index is 0.0382. The van der Waals surface area contributed by atoms with E-state index in [9.17, 15) is 96.7 Å². The van der Waals surface area contributed by atoms with Gasteiger partial charge >= 0.3 is 11.9 Å². The Hall–Kier alpha value is -2.36. The Bertz CT molecular complexity index is 2530. The van der Waals surface area contributed by atoms with Crippen molar-refractivity contribution >= 4 is 11.9 Å². The maximum Gasteiger partial charge on any atom is 0.317 e. The van der Waals surface area contributed by atoms with Gasteiger partial charge in [-0.3, -0.25) is 9.59 Å². The summed E-state index contributed by atoms with van der Waals surface area (Å²) in [6.07, 6.45) is -40.7. The van der Waals surface area contributed by atoms with Crippen LogP contribution in [0.3, 0.4) is 0 Å². The van der Waals surface area contributed by atoms with Gasteiger partial charge in [0.25, 0.3) is 0 Å². The van der Waals surface area contributed by atoms with Crippen LogP contribution in [0, 0.1) is 50.2 Å². The first-order valence-electron chi connectivity index (χ1n) is 31.0. The molecule has 0 amide bonds. The number of carbonyl (C=O) groups is 2. The van der Waals surface area contributed by atoms with Gasteiger partial charge in [-0.2, -0.15) is 0 Å². The molecule has 5 aliphatic carbocycles. The quantitative estimate of drug-likeness (QED) is 0.0413. The lowest BCUT2D eigenvalue weighted by Crippen LogP contribution is -2.69. The van der Waals surface area contributed by atoms with Crippen LogP contribution in [-0.4, -0.2) is 297 Å². The first-order chi connectivity index (χ1) is 41.7. The van der Waals surface area contributed by atoms with Crippen LogP contribution in [0.1, 0.15) is 99.3 Å². The average Bonchev–Trinajstić information content (AvgIpc) is 0.673. The summed E-state index contributed by atoms with van der Waals surface area (Å²) in [6.45, 7) is 8.51. The lowest BCUT2D eigenvalue weighted by Gasteiger charge is -2.71. The fourth-order valence-electron chi connectivity index (χ4n) is 17.6. The van der Waals surface area contributed by atoms with E-state index < -0.39 is 242 Å². The summed E-state index contributed by atoms with van der Waals surface area (Å²) in [7, 11) is 0. The molecule has 9 fully saturated rings. The molecule has 4 saturated carbocycles. The fraction of sp³-hybridized carbons (Fsp3) is 0.932. The van der Waals surface area contributed by atoms with Crippen molar-refractivity contribution in [3.05, 3.63) is 11.6 Å². The Labute approximate surface area is 513 Å². The van der Waals surface area contributed by atoms with Crippen molar-refractivity contribution < 1.29 is 149 Å². The molecule has 18 N–H and O–H groups in total. The highest BCUT2D eigenvalue weighted by molar-refractivity contribution is 5.80. The predicted octanol–water partition coefficient (Wildman–Crippen LogP) is -5.54. The molecule has 0 radical (unpaired) electrons. The SMILES string of the molecule is CC1(C)CC[C@]2(C(=O)O[C@@H]3O[C@H](CO[C@@H]4O[C@H](CO[C@H]5O[C@H](CO)[C@H](O)[C@H](O)[C@H]5O)[C@@H](O)[C@H](O)[C@H]4O)[C@@H](O)[C@H](O[C@@H]4O[C@H](CO)[C@@H](O)[C@H](O)[C@H]4O)[C@H]3O)[C@H](O)C[C@]3(C)C(=CC[C@@H]4[C@@]5(C)CC[C@H](O[C@@H]6OC[C@@H](O)[C@H](O)[C@H]6O)[C@@](C)(C(=O)O)C5CC[C@]43C)[C@@H]2C1. The van der Waals surface area contributed by atoms with E-state index in [1.54, 1.807) is 6.92 Å². The Kier molecular flexibility index (Phi) is 20.0. The number of aliphatic hydroxyl groups is 17. The van der Waals surface area contributed by atoms with Crippen LogP contribution in [0.5, 0.6) is 0 Å². The zero-order chi connectivity index (χ0) is 65.2. The van der Waals surface area contributed by atoms with Crippen molar-refractivity contribution in [2.75, 3.05) is 33.0 Å². The second-order valence-corrected chi connectivity index (χ2v) is 28.6. The topological polar surface area (TPSA) is 491 Å². The first kappa shape index (κ1) is 69.5. The molecular formula is C59H94O30. The number of allylic oxidation sites excluding steroid dienone is 2. The molecule has 5 heterocycles. The molecule has 5 saturated heterocycles. The highest BCUT2D eigenvalue weighted by atomic mass is 16.8. The van der Waals surface area contributed by atoms with E-state index in [0.29, 0.717) is 38.5 Å². The maximum absolute atomic E-state index is 15.7. The van der Waals surface area contributed by atoms with E-state index in [1.165, 1.54) is 0 Å². The molecule has 5 aliphatic heterocycles. The minimum Gasteiger partial charge on any atom is -0.481 e. The Morgan fingerprint density at radius 1 is 0.539 bits per heavy atom. The van der Waals surface area contributed by atoms with E-state index in [4.69, 9.17) is 47.4 Å². The van der Waals surface area contributed by atoms with Crippen LogP contribution in [-0.2, 0) is 57.0 Å². The van der Waals surface area contributed by atoms with Crippen LogP contribution in [0.25, 0.3) is 0 Å². The molecule has 0 aromatic heterocycles. The number of aliphatic carboxylic acids is 1. The summed E-state index contributed by atoms with van der Waals surface area (Å²) in [5, 5.41) is 196. The first-order valence-corrected chi connectivity index (χ1v) is 31.0. The summed E-state index contributed by atoms with van der Waals surface area (Å²) in [4.78, 5) is 29.4. The molecular weight excluding hydrogens is 1190 g/mol. The van der Waals surface area contributed by atoms with E-state index in [2.05, 4.69) is 40.7 Å². The molecule has 89 heavy (non-hydrogen) atoms. The van der Waals surface area contributed by atoms with Gasteiger partial charge in [0, 0.05) is 0 Å². The number of hydrogen-bond donors (Lipinski definition) is 18. The normalized spacial score (nSPS) is 54.1. The van der Waals surface area contributed by atoms with Crippen molar-refractivity contribution in [1.29, 1.82) is 0 Å². The Balaban J connectivity index is 0.915. The van der Waals surface area contributed by atoms with Crippen molar-refractivity contribution in [3.8, 4) is 0 Å². The monoisotopic (exact) mass is 1280 g/mol. The summed E-state index contributed by atoms with van der Waals surface area (Å²) < 4.78 is 58.3. The third-order valence-corrected chi connectivity index (χ3v) is 23.3. The van der Waals surface area contributed by atoms with Gasteiger partial charge in [0.2, 0.25) is 6.29 Å². The zero-order valence-electron chi connectivity index (χ0n) is 50.7. The molecule has 30 heteroatoms. The van der Waals surface area contributed by atoms with Crippen LogP contribution in [0.15, 0.2) is 11.6 Å². The number of aliphatic hydroxyl groups excluding tert-OH is 17. The van der Waals surface area contributed by atoms with Crippen molar-refractivity contribution in [2.45, 2.75) is 259 Å². The van der Waals surface area contributed by atoms with Gasteiger partial charge in [0.15, 0.2) is 25.2 Å². The summed E-state index contributed by atoms with van der Waals surface area (Å²) >= 11 is 0. The number of carboxylic acids is 1. The molecule has 0 bridgehead atoms. The molecule has 510 valence electrons. The molecule has 1 unspecified atom stereocenters. The zero-order valence-corrected chi connectivity index (χ0v) is 50.7. The van der Waals surface area contributed by atoms with Crippen molar-refractivity contribution in [3.63, 3.8) is 0 Å². The third kappa shape index (κ3) is 11.6. The van der Waals surface area contributed by atoms with Crippen LogP contribution >= 0.6 is 0 Å². The predicted molar refractivity (Wildman–Crippen MR) is 293 cm³/mol. The van der Waals surface area contributed by atoms with Gasteiger partial charge < -0.3 is 139 Å². The number of carbonyl (C=O) groups excluding carboxylic acids is 1. The number of fused-ring (bicyclic) bond motifs is 7. The van der Waals surface area contributed by atoms with Gasteiger partial charge in [0.05, 0.1) is 50.7 Å². The lowest BCUT2D eigenvalue weighted by molar-refractivity contribution is -0.365. The number of carboxylic acid groups (broad SMARTS) is 1. The second-order valence-electron chi connectivity index (χ2n) is 28.6. The van der Waals surface area contributed by atoms with Gasteiger partial charge in [-0.15, -0.1) is 0 Å². The van der Waals surface area contributed by atoms with Crippen molar-refractivity contribution in [2.24, 2.45) is 50.2 Å². The van der Waals surface area contributed by atoms with E-state index in [0.717, 1.165) is 5.57 Å². The molecule has 34 atom stereocenters. The highest BCUT2D eigenvalue weighted by Crippen LogP contribution is 2.76. The molecule has 0 aromatic carbocycles. The van der Waals surface area contributed by atoms with E-state index in [-0.39, 0.29) is 31.8 Å². The highest BCUT2D eigenvalue weighted by Gasteiger charge is 2.73. The molecule has 10 rings (SSSR count). The van der Waals surface area contributed by atoms with Crippen molar-refractivity contribution in [1.82, 2.24) is 0 Å². The number of hydrogen-bond acceptors (Lipinski definition) is 29. The largest absolute Gasteiger partial charge is 0.481 e. The second kappa shape index (κ2) is 25.7. The third-order valence-electron chi connectivity index (χ3n) is 23.3. The van der Waals surface area contributed by atoms with Crippen LogP contribution < -0.4 is 0 Å². The molecule has 0 spiro atoms.